The van der Waals surface area contributed by atoms with E-state index in [1.54, 1.807) is 19.2 Å². The SMILES string of the molecule is Cn1cnc(S(=O)(=O)Oc2ccc(Oc3ccccc3)cc2)c1Cl. The Balaban J connectivity index is 1.75. The fourth-order valence-corrected chi connectivity index (χ4v) is 3.26. The average Bonchev–Trinajstić information content (AvgIpc) is 2.90. The molecule has 0 amide bonds. The van der Waals surface area contributed by atoms with E-state index in [0.29, 0.717) is 11.5 Å². The second-order valence-corrected chi connectivity index (χ2v) is 6.70. The lowest BCUT2D eigenvalue weighted by atomic mass is 10.3. The predicted octanol–water partition coefficient (Wildman–Crippen LogP) is 3.63. The molecule has 8 heteroatoms. The van der Waals surface area contributed by atoms with Crippen LogP contribution in [0.15, 0.2) is 66.0 Å². The van der Waals surface area contributed by atoms with Crippen molar-refractivity contribution in [3.8, 4) is 17.2 Å². The lowest BCUT2D eigenvalue weighted by Gasteiger charge is -2.08. The van der Waals surface area contributed by atoms with Crippen LogP contribution < -0.4 is 8.92 Å². The van der Waals surface area contributed by atoms with Crippen LogP contribution in [0.2, 0.25) is 5.15 Å². The van der Waals surface area contributed by atoms with Gasteiger partial charge in [0, 0.05) is 7.05 Å². The molecule has 0 fully saturated rings. The van der Waals surface area contributed by atoms with Crippen LogP contribution in [0.3, 0.4) is 0 Å². The summed E-state index contributed by atoms with van der Waals surface area (Å²) in [5.74, 6) is 1.37. The largest absolute Gasteiger partial charge is 0.457 e. The van der Waals surface area contributed by atoms with Gasteiger partial charge in [-0.3, -0.25) is 0 Å². The molecule has 0 aliphatic rings. The average molecular weight is 365 g/mol. The second-order valence-electron chi connectivity index (χ2n) is 4.88. The summed E-state index contributed by atoms with van der Waals surface area (Å²) in [6, 6.07) is 15.4. The maximum atomic E-state index is 12.2. The van der Waals surface area contributed by atoms with Gasteiger partial charge in [-0.1, -0.05) is 29.8 Å². The molecule has 0 aliphatic carbocycles. The number of aryl methyl sites for hydroxylation is 1. The van der Waals surface area contributed by atoms with Crippen molar-refractivity contribution in [1.82, 2.24) is 9.55 Å². The molecule has 0 atom stereocenters. The summed E-state index contributed by atoms with van der Waals surface area (Å²) in [6.07, 6.45) is 1.30. The van der Waals surface area contributed by atoms with E-state index in [4.69, 9.17) is 20.5 Å². The van der Waals surface area contributed by atoms with Crippen molar-refractivity contribution < 1.29 is 17.3 Å². The van der Waals surface area contributed by atoms with E-state index in [-0.39, 0.29) is 15.9 Å². The summed E-state index contributed by atoms with van der Waals surface area (Å²) in [4.78, 5) is 3.75. The van der Waals surface area contributed by atoms with Crippen LogP contribution in [-0.4, -0.2) is 18.0 Å². The van der Waals surface area contributed by atoms with E-state index >= 15 is 0 Å². The van der Waals surface area contributed by atoms with Crippen LogP contribution in [0.25, 0.3) is 0 Å². The predicted molar refractivity (Wildman–Crippen MR) is 89.0 cm³/mol. The van der Waals surface area contributed by atoms with Crippen LogP contribution in [0.5, 0.6) is 17.2 Å². The fraction of sp³-hybridized carbons (Fsp3) is 0.0625. The summed E-state index contributed by atoms with van der Waals surface area (Å²) in [6.45, 7) is 0. The van der Waals surface area contributed by atoms with Gasteiger partial charge in [0.25, 0.3) is 0 Å². The first kappa shape index (κ1) is 16.4. The molecule has 124 valence electrons. The Kier molecular flexibility index (Phi) is 4.46. The number of rotatable bonds is 5. The zero-order valence-electron chi connectivity index (χ0n) is 12.6. The number of imidazole rings is 1. The van der Waals surface area contributed by atoms with Gasteiger partial charge >= 0.3 is 10.1 Å². The Morgan fingerprint density at radius 2 is 1.54 bits per heavy atom. The summed E-state index contributed by atoms with van der Waals surface area (Å²) in [7, 11) is -2.51. The monoisotopic (exact) mass is 364 g/mol. The minimum atomic E-state index is -4.10. The molecular formula is C16H13ClN2O4S. The lowest BCUT2D eigenvalue weighted by Crippen LogP contribution is -2.11. The van der Waals surface area contributed by atoms with Crippen molar-refractivity contribution in [2.45, 2.75) is 5.03 Å². The van der Waals surface area contributed by atoms with E-state index in [9.17, 15) is 8.42 Å². The van der Waals surface area contributed by atoms with E-state index in [2.05, 4.69) is 4.98 Å². The number of hydrogen-bond donors (Lipinski definition) is 0. The van der Waals surface area contributed by atoms with E-state index in [1.807, 2.05) is 30.3 Å². The first-order valence-corrected chi connectivity index (χ1v) is 8.68. The molecule has 0 N–H and O–H groups in total. The van der Waals surface area contributed by atoms with Crippen LogP contribution in [0.1, 0.15) is 0 Å². The highest BCUT2D eigenvalue weighted by Gasteiger charge is 2.24. The molecule has 0 saturated heterocycles. The highest BCUT2D eigenvalue weighted by Crippen LogP contribution is 2.26. The van der Waals surface area contributed by atoms with Crippen molar-refractivity contribution in [2.75, 3.05) is 0 Å². The first-order chi connectivity index (χ1) is 11.5. The highest BCUT2D eigenvalue weighted by atomic mass is 35.5. The molecule has 0 saturated carbocycles. The molecule has 1 heterocycles. The minimum absolute atomic E-state index is 0.0148. The normalized spacial score (nSPS) is 11.2. The topological polar surface area (TPSA) is 70.4 Å². The molecule has 0 unspecified atom stereocenters. The third-order valence-electron chi connectivity index (χ3n) is 3.08. The number of ether oxygens (including phenoxy) is 1. The maximum absolute atomic E-state index is 12.2. The Morgan fingerprint density at radius 1 is 0.958 bits per heavy atom. The Labute approximate surface area is 144 Å². The molecule has 0 aliphatic heterocycles. The van der Waals surface area contributed by atoms with Gasteiger partial charge in [0.05, 0.1) is 6.33 Å². The standard InChI is InChI=1S/C16H13ClN2O4S/c1-19-11-18-16(15(19)17)24(20,21)23-14-9-7-13(8-10-14)22-12-5-3-2-4-6-12/h2-11H,1H3. The molecule has 1 aromatic heterocycles. The number of aromatic nitrogens is 2. The zero-order chi connectivity index (χ0) is 17.2. The van der Waals surface area contributed by atoms with Gasteiger partial charge in [0.15, 0.2) is 5.15 Å². The third kappa shape index (κ3) is 3.52. The van der Waals surface area contributed by atoms with Crippen molar-refractivity contribution in [3.05, 3.63) is 66.1 Å². The number of nitrogens with zero attached hydrogens (tertiary/aromatic N) is 2. The van der Waals surface area contributed by atoms with Crippen LogP contribution in [-0.2, 0) is 17.2 Å². The van der Waals surface area contributed by atoms with Gasteiger partial charge in [0.2, 0.25) is 5.03 Å². The van der Waals surface area contributed by atoms with Crippen molar-refractivity contribution in [1.29, 1.82) is 0 Å². The van der Waals surface area contributed by atoms with Crippen LogP contribution in [0, 0.1) is 0 Å². The Bertz CT molecular complexity index is 938. The van der Waals surface area contributed by atoms with Crippen molar-refractivity contribution >= 4 is 21.7 Å². The first-order valence-electron chi connectivity index (χ1n) is 6.90. The third-order valence-corrected chi connectivity index (χ3v) is 4.82. The molecule has 3 rings (SSSR count). The van der Waals surface area contributed by atoms with Gasteiger partial charge in [-0.2, -0.15) is 8.42 Å². The van der Waals surface area contributed by atoms with Gasteiger partial charge in [0.1, 0.15) is 17.2 Å². The van der Waals surface area contributed by atoms with Crippen molar-refractivity contribution in [3.63, 3.8) is 0 Å². The number of halogens is 1. The van der Waals surface area contributed by atoms with Gasteiger partial charge in [-0.05, 0) is 36.4 Å². The molecule has 2 aromatic carbocycles. The minimum Gasteiger partial charge on any atom is -0.457 e. The fourth-order valence-electron chi connectivity index (χ4n) is 1.92. The summed E-state index contributed by atoms with van der Waals surface area (Å²) in [5.41, 5.74) is 0. The Morgan fingerprint density at radius 3 is 2.12 bits per heavy atom. The quantitative estimate of drug-likeness (QED) is 0.646. The maximum Gasteiger partial charge on any atom is 0.360 e. The second kappa shape index (κ2) is 6.54. The number of hydrogen-bond acceptors (Lipinski definition) is 5. The summed E-state index contributed by atoms with van der Waals surface area (Å²) < 4.78 is 36.5. The molecule has 0 spiro atoms. The molecule has 3 aromatic rings. The molecule has 0 radical (unpaired) electrons. The summed E-state index contributed by atoms with van der Waals surface area (Å²) in [5, 5.41) is -0.338. The highest BCUT2D eigenvalue weighted by molar-refractivity contribution is 7.87. The van der Waals surface area contributed by atoms with E-state index < -0.39 is 10.1 Å². The number of benzene rings is 2. The molecule has 0 bridgehead atoms. The molecule has 24 heavy (non-hydrogen) atoms. The Hall–Kier alpha value is -2.51. The van der Waals surface area contributed by atoms with Crippen LogP contribution in [0.4, 0.5) is 0 Å². The van der Waals surface area contributed by atoms with E-state index in [0.717, 1.165) is 0 Å². The lowest BCUT2D eigenvalue weighted by molar-refractivity contribution is 0.473. The van der Waals surface area contributed by atoms with Gasteiger partial charge < -0.3 is 13.5 Å². The van der Waals surface area contributed by atoms with Gasteiger partial charge in [-0.15, -0.1) is 0 Å². The zero-order valence-corrected chi connectivity index (χ0v) is 14.2. The number of para-hydroxylation sites is 1. The summed E-state index contributed by atoms with van der Waals surface area (Å²) >= 11 is 5.90. The molecule has 6 nitrogen and oxygen atoms in total. The molecular weight excluding hydrogens is 352 g/mol. The van der Waals surface area contributed by atoms with E-state index in [1.165, 1.54) is 23.0 Å². The van der Waals surface area contributed by atoms with Crippen LogP contribution >= 0.6 is 11.6 Å². The smallest absolute Gasteiger partial charge is 0.360 e. The van der Waals surface area contributed by atoms with Gasteiger partial charge in [-0.25, -0.2) is 4.98 Å². The van der Waals surface area contributed by atoms with Crippen molar-refractivity contribution in [2.24, 2.45) is 7.05 Å².